The van der Waals surface area contributed by atoms with Crippen LogP contribution in [-0.2, 0) is 17.9 Å². The van der Waals surface area contributed by atoms with Gasteiger partial charge in [-0.2, -0.15) is 0 Å². The fourth-order valence-corrected chi connectivity index (χ4v) is 4.34. The zero-order chi connectivity index (χ0) is 23.5. The third kappa shape index (κ3) is 4.63. The molecule has 2 aromatic carbocycles. The number of Topliss-reactive ketones (excluding diaryl/α,β-unsaturated/α-hetero) is 1. The average Bonchev–Trinajstić information content (AvgIpc) is 3.30. The number of carbonyl (C=O) groups is 2. The summed E-state index contributed by atoms with van der Waals surface area (Å²) in [6, 6.07) is 15.3. The minimum Gasteiger partial charge on any atom is -0.497 e. The molecule has 0 bridgehead atoms. The first-order valence-electron chi connectivity index (χ1n) is 10.1. The van der Waals surface area contributed by atoms with Crippen molar-refractivity contribution in [3.8, 4) is 5.75 Å². The van der Waals surface area contributed by atoms with E-state index in [1.165, 1.54) is 22.8 Å². The molecule has 4 rings (SSSR count). The number of thiophene rings is 1. The second-order valence-electron chi connectivity index (χ2n) is 7.43. The van der Waals surface area contributed by atoms with Crippen LogP contribution in [0.15, 0.2) is 69.6 Å². The minimum atomic E-state index is -0.575. The molecule has 0 fully saturated rings. The number of fused-ring (bicyclic) bond motifs is 1. The van der Waals surface area contributed by atoms with Crippen LogP contribution in [0.2, 0.25) is 0 Å². The van der Waals surface area contributed by atoms with Crippen LogP contribution in [0.3, 0.4) is 0 Å². The first-order valence-corrected chi connectivity index (χ1v) is 11.0. The SMILES string of the molecule is COc1ccc(Cn2c(=O)c3sccc3n(CC(=O)Nc3cccc(C(C)=O)c3)c2=O)cc1. The molecule has 168 valence electrons. The number of hydrogen-bond acceptors (Lipinski definition) is 6. The van der Waals surface area contributed by atoms with Gasteiger partial charge in [0.25, 0.3) is 5.56 Å². The molecule has 0 aliphatic carbocycles. The van der Waals surface area contributed by atoms with Crippen molar-refractivity contribution in [3.63, 3.8) is 0 Å². The molecule has 0 aliphatic heterocycles. The molecule has 0 unspecified atom stereocenters. The Hall–Kier alpha value is -3.98. The first-order chi connectivity index (χ1) is 15.9. The molecule has 2 aromatic heterocycles. The summed E-state index contributed by atoms with van der Waals surface area (Å²) in [7, 11) is 1.56. The predicted octanol–water partition coefficient (Wildman–Crippen LogP) is 3.12. The number of hydrogen-bond donors (Lipinski definition) is 1. The molecule has 4 aromatic rings. The molecular formula is C24H21N3O5S. The van der Waals surface area contributed by atoms with E-state index in [1.54, 1.807) is 67.1 Å². The van der Waals surface area contributed by atoms with Gasteiger partial charge in [-0.1, -0.05) is 24.3 Å². The maximum Gasteiger partial charge on any atom is 0.332 e. The van der Waals surface area contributed by atoms with Gasteiger partial charge in [-0.25, -0.2) is 4.79 Å². The Morgan fingerprint density at radius 1 is 1.03 bits per heavy atom. The standard InChI is InChI=1S/C24H21N3O5S/c1-15(28)17-4-3-5-18(12-17)25-21(29)14-26-20-10-11-33-22(20)23(30)27(24(26)31)13-16-6-8-19(32-2)9-7-16/h3-12H,13-14H2,1-2H3,(H,25,29). The van der Waals surface area contributed by atoms with Gasteiger partial charge in [-0.15, -0.1) is 11.3 Å². The third-order valence-electron chi connectivity index (χ3n) is 5.19. The van der Waals surface area contributed by atoms with Crippen LogP contribution in [0.4, 0.5) is 5.69 Å². The van der Waals surface area contributed by atoms with Crippen molar-refractivity contribution >= 4 is 38.9 Å². The van der Waals surface area contributed by atoms with Gasteiger partial charge in [0, 0.05) is 11.3 Å². The van der Waals surface area contributed by atoms with E-state index in [9.17, 15) is 19.2 Å². The van der Waals surface area contributed by atoms with Crippen molar-refractivity contribution in [1.82, 2.24) is 9.13 Å². The summed E-state index contributed by atoms with van der Waals surface area (Å²) in [4.78, 5) is 50.6. The number of ether oxygens (including phenoxy) is 1. The predicted molar refractivity (Wildman–Crippen MR) is 128 cm³/mol. The number of nitrogens with zero attached hydrogens (tertiary/aromatic N) is 2. The van der Waals surface area contributed by atoms with Gasteiger partial charge in [-0.3, -0.25) is 23.5 Å². The molecular weight excluding hydrogens is 442 g/mol. The van der Waals surface area contributed by atoms with Gasteiger partial charge in [0.15, 0.2) is 5.78 Å². The van der Waals surface area contributed by atoms with Crippen LogP contribution in [0.25, 0.3) is 10.2 Å². The smallest absolute Gasteiger partial charge is 0.332 e. The van der Waals surface area contributed by atoms with E-state index in [4.69, 9.17) is 4.74 Å². The molecule has 33 heavy (non-hydrogen) atoms. The van der Waals surface area contributed by atoms with E-state index in [-0.39, 0.29) is 18.9 Å². The van der Waals surface area contributed by atoms with Crippen molar-refractivity contribution in [1.29, 1.82) is 0 Å². The monoisotopic (exact) mass is 463 g/mol. The molecule has 0 aliphatic rings. The second-order valence-corrected chi connectivity index (χ2v) is 8.34. The lowest BCUT2D eigenvalue weighted by atomic mass is 10.1. The highest BCUT2D eigenvalue weighted by molar-refractivity contribution is 7.17. The molecule has 9 heteroatoms. The highest BCUT2D eigenvalue weighted by Gasteiger charge is 2.17. The molecule has 1 amide bonds. The zero-order valence-electron chi connectivity index (χ0n) is 18.0. The Morgan fingerprint density at radius 2 is 1.79 bits per heavy atom. The number of carbonyl (C=O) groups excluding carboxylic acids is 2. The number of rotatable bonds is 7. The minimum absolute atomic E-state index is 0.0672. The number of methoxy groups -OCH3 is 1. The van der Waals surface area contributed by atoms with Crippen molar-refractivity contribution in [2.75, 3.05) is 12.4 Å². The number of amides is 1. The van der Waals surface area contributed by atoms with Gasteiger partial charge in [0.05, 0.1) is 19.2 Å². The van der Waals surface area contributed by atoms with E-state index in [2.05, 4.69) is 5.32 Å². The number of aromatic nitrogens is 2. The Morgan fingerprint density at radius 3 is 2.48 bits per heavy atom. The number of ketones is 1. The number of nitrogens with one attached hydrogen (secondary N) is 1. The first kappa shape index (κ1) is 22.2. The van der Waals surface area contributed by atoms with Gasteiger partial charge < -0.3 is 10.1 Å². The van der Waals surface area contributed by atoms with Gasteiger partial charge in [-0.05, 0) is 48.2 Å². The molecule has 0 atom stereocenters. The molecule has 2 heterocycles. The Labute approximate surface area is 192 Å². The summed E-state index contributed by atoms with van der Waals surface area (Å²) in [6.07, 6.45) is 0. The highest BCUT2D eigenvalue weighted by Crippen LogP contribution is 2.17. The Kier molecular flexibility index (Phi) is 6.23. The molecule has 1 N–H and O–H groups in total. The van der Waals surface area contributed by atoms with Crippen LogP contribution >= 0.6 is 11.3 Å². The van der Waals surface area contributed by atoms with E-state index in [0.29, 0.717) is 27.2 Å². The van der Waals surface area contributed by atoms with Crippen LogP contribution in [-0.4, -0.2) is 27.9 Å². The summed E-state index contributed by atoms with van der Waals surface area (Å²) in [5, 5.41) is 4.43. The molecule has 0 saturated heterocycles. The van der Waals surface area contributed by atoms with Crippen LogP contribution in [0.1, 0.15) is 22.8 Å². The molecule has 0 radical (unpaired) electrons. The lowest BCUT2D eigenvalue weighted by molar-refractivity contribution is -0.116. The zero-order valence-corrected chi connectivity index (χ0v) is 18.8. The molecule has 0 saturated carbocycles. The molecule has 8 nitrogen and oxygen atoms in total. The highest BCUT2D eigenvalue weighted by atomic mass is 32.1. The third-order valence-corrected chi connectivity index (χ3v) is 6.08. The van der Waals surface area contributed by atoms with E-state index in [0.717, 1.165) is 10.1 Å². The van der Waals surface area contributed by atoms with Gasteiger partial charge >= 0.3 is 5.69 Å². The summed E-state index contributed by atoms with van der Waals surface area (Å²) in [6.45, 7) is 1.23. The van der Waals surface area contributed by atoms with E-state index < -0.39 is 17.2 Å². The maximum atomic E-state index is 13.2. The van der Waals surface area contributed by atoms with Crippen molar-refractivity contribution < 1.29 is 14.3 Å². The van der Waals surface area contributed by atoms with Crippen LogP contribution in [0, 0.1) is 0 Å². The number of benzene rings is 2. The van der Waals surface area contributed by atoms with Crippen LogP contribution in [0.5, 0.6) is 5.75 Å². The Bertz CT molecular complexity index is 1460. The van der Waals surface area contributed by atoms with Crippen molar-refractivity contribution in [2.24, 2.45) is 0 Å². The van der Waals surface area contributed by atoms with Gasteiger partial charge in [0.2, 0.25) is 5.91 Å². The summed E-state index contributed by atoms with van der Waals surface area (Å²) in [5.74, 6) is 0.107. The average molecular weight is 464 g/mol. The van der Waals surface area contributed by atoms with Crippen molar-refractivity contribution in [2.45, 2.75) is 20.0 Å². The fourth-order valence-electron chi connectivity index (χ4n) is 3.50. The summed E-state index contributed by atoms with van der Waals surface area (Å²) < 4.78 is 7.97. The Balaban J connectivity index is 1.67. The lowest BCUT2D eigenvalue weighted by Crippen LogP contribution is -2.41. The van der Waals surface area contributed by atoms with E-state index >= 15 is 0 Å². The number of anilines is 1. The molecule has 0 spiro atoms. The normalized spacial score (nSPS) is 10.8. The summed E-state index contributed by atoms with van der Waals surface area (Å²) in [5.41, 5.74) is 1.12. The topological polar surface area (TPSA) is 99.4 Å². The maximum absolute atomic E-state index is 13.2. The van der Waals surface area contributed by atoms with Crippen LogP contribution < -0.4 is 21.3 Å². The van der Waals surface area contributed by atoms with Crippen molar-refractivity contribution in [3.05, 3.63) is 91.9 Å². The lowest BCUT2D eigenvalue weighted by Gasteiger charge is -2.13. The van der Waals surface area contributed by atoms with Gasteiger partial charge in [0.1, 0.15) is 17.0 Å². The quantitative estimate of drug-likeness (QED) is 0.425. The summed E-state index contributed by atoms with van der Waals surface area (Å²) >= 11 is 1.22. The van der Waals surface area contributed by atoms with E-state index in [1.807, 2.05) is 0 Å². The fraction of sp³-hybridized carbons (Fsp3) is 0.167. The largest absolute Gasteiger partial charge is 0.497 e. The second kappa shape index (κ2) is 9.25.